The number of methoxy groups -OCH3 is 4. The third-order valence-electron chi connectivity index (χ3n) is 10.8. The van der Waals surface area contributed by atoms with E-state index in [1.165, 1.54) is 7.11 Å². The number of carbonyl (C=O) groups is 2. The van der Waals surface area contributed by atoms with E-state index in [4.69, 9.17) is 18.9 Å². The Hall–Kier alpha value is -3.62. The molecule has 5 rings (SSSR count). The molecule has 4 aromatic rings. The van der Waals surface area contributed by atoms with Gasteiger partial charge in [0.05, 0.1) is 60.3 Å². The molecule has 1 aliphatic carbocycles. The maximum absolute atomic E-state index is 15.4. The zero-order valence-electron chi connectivity index (χ0n) is 36.0. The average molecular weight is 891 g/mol. The van der Waals surface area contributed by atoms with E-state index in [2.05, 4.69) is 139 Å². The molecular weight excluding hydrogens is 832 g/mol. The summed E-state index contributed by atoms with van der Waals surface area (Å²) in [5.74, 6) is 1.08. The van der Waals surface area contributed by atoms with Gasteiger partial charge in [-0.25, -0.2) is 0 Å². The van der Waals surface area contributed by atoms with Crippen LogP contribution in [0.4, 0.5) is 0 Å². The Morgan fingerprint density at radius 1 is 0.375 bits per heavy atom. The van der Waals surface area contributed by atoms with Gasteiger partial charge in [0, 0.05) is 22.3 Å². The van der Waals surface area contributed by atoms with E-state index in [-0.39, 0.29) is 44.7 Å². The lowest BCUT2D eigenvalue weighted by Crippen LogP contribution is -2.20. The van der Waals surface area contributed by atoms with E-state index in [1.807, 2.05) is 24.3 Å². The second-order valence-electron chi connectivity index (χ2n) is 19.0. The van der Waals surface area contributed by atoms with Gasteiger partial charge in [0.15, 0.2) is 0 Å². The van der Waals surface area contributed by atoms with Crippen molar-refractivity contribution in [3.63, 3.8) is 0 Å². The second kappa shape index (κ2) is 15.3. The van der Waals surface area contributed by atoms with Gasteiger partial charge in [0.1, 0.15) is 23.0 Å². The fraction of sp³-hybridized carbons (Fsp3) is 0.458. The molecule has 8 bridgehead atoms. The summed E-state index contributed by atoms with van der Waals surface area (Å²) in [6.07, 6.45) is 0. The predicted molar refractivity (Wildman–Crippen MR) is 235 cm³/mol. The first-order valence-corrected chi connectivity index (χ1v) is 20.9. The summed E-state index contributed by atoms with van der Waals surface area (Å²) in [7, 11) is 6.38. The third kappa shape index (κ3) is 7.94. The lowest BCUT2D eigenvalue weighted by Gasteiger charge is -2.30. The highest BCUT2D eigenvalue weighted by molar-refractivity contribution is 9.09. The van der Waals surface area contributed by atoms with Crippen LogP contribution in [-0.2, 0) is 21.7 Å². The van der Waals surface area contributed by atoms with E-state index < -0.39 is 15.1 Å². The topological polar surface area (TPSA) is 71.1 Å². The number of halogens is 2. The largest absolute Gasteiger partial charge is 0.496 e. The van der Waals surface area contributed by atoms with Gasteiger partial charge >= 0.3 is 0 Å². The molecule has 4 aromatic carbocycles. The number of fused-ring (bicyclic) bond motifs is 8. The average Bonchev–Trinajstić information content (AvgIpc) is 3.12. The van der Waals surface area contributed by atoms with Crippen LogP contribution in [0.15, 0.2) is 48.5 Å². The van der Waals surface area contributed by atoms with Gasteiger partial charge in [-0.2, -0.15) is 0 Å². The van der Waals surface area contributed by atoms with E-state index >= 15 is 9.59 Å². The highest BCUT2D eigenvalue weighted by Crippen LogP contribution is 2.52. The molecule has 300 valence electrons. The Morgan fingerprint density at radius 3 is 0.839 bits per heavy atom. The molecule has 6 nitrogen and oxygen atoms in total. The monoisotopic (exact) mass is 888 g/mol. The van der Waals surface area contributed by atoms with Crippen LogP contribution < -0.4 is 18.9 Å². The summed E-state index contributed by atoms with van der Waals surface area (Å²) in [5.41, 5.74) is 7.00. The number of carbonyl (C=O) groups excluding carboxylic acids is 2. The lowest BCUT2D eigenvalue weighted by atomic mass is 9.78. The van der Waals surface area contributed by atoms with Crippen LogP contribution in [0, 0.1) is 0 Å². The Morgan fingerprint density at radius 2 is 0.589 bits per heavy atom. The number of hydrogen-bond donors (Lipinski definition) is 0. The zero-order chi connectivity index (χ0) is 42.0. The molecule has 0 spiro atoms. The van der Waals surface area contributed by atoms with Crippen LogP contribution in [0.3, 0.4) is 0 Å². The quantitative estimate of drug-likeness (QED) is 0.190. The fourth-order valence-electron chi connectivity index (χ4n) is 7.30. The standard InChI is InChI=1S/C48H58Br2O6/c1-45(2,3)25-17-29-37(49)31-19-26(46(4,5)6)21-33(42(31)54-14)39(51)35-23-28(48(10,11)12)24-36(44(35)56-16)40(52)34-22-27(47(7,8)9)20-32(43(34)55-15)38(50)30(18-25)41(29)53-13/h17-24,37-38H,1-16H3. The third-order valence-corrected chi connectivity index (χ3v) is 12.8. The first-order chi connectivity index (χ1) is 25.8. The Balaban J connectivity index is 2.12. The Bertz CT molecular complexity index is 2070. The van der Waals surface area contributed by atoms with Crippen molar-refractivity contribution in [2.45, 2.75) is 114 Å². The summed E-state index contributed by atoms with van der Waals surface area (Å²) in [4.78, 5) is 29.8. The van der Waals surface area contributed by atoms with Crippen molar-refractivity contribution >= 4 is 43.4 Å². The van der Waals surface area contributed by atoms with Crippen molar-refractivity contribution in [2.75, 3.05) is 28.4 Å². The minimum absolute atomic E-state index is 0.196. The summed E-state index contributed by atoms with van der Waals surface area (Å²) in [6.45, 7) is 25.5. The second-order valence-corrected chi connectivity index (χ2v) is 20.8. The number of alkyl halides is 2. The van der Waals surface area contributed by atoms with E-state index in [1.54, 1.807) is 21.3 Å². The first-order valence-electron chi connectivity index (χ1n) is 19.1. The molecule has 0 aromatic heterocycles. The van der Waals surface area contributed by atoms with Gasteiger partial charge in [0.25, 0.3) is 0 Å². The van der Waals surface area contributed by atoms with Crippen molar-refractivity contribution in [1.82, 2.24) is 0 Å². The van der Waals surface area contributed by atoms with E-state index in [9.17, 15) is 0 Å². The molecule has 0 N–H and O–H groups in total. The molecule has 2 unspecified atom stereocenters. The molecule has 0 radical (unpaired) electrons. The number of ether oxygens (including phenoxy) is 4. The van der Waals surface area contributed by atoms with Crippen LogP contribution in [-0.4, -0.2) is 40.0 Å². The SMILES string of the molecule is COc1c2cc(C(C)(C)C)cc1C(=O)c1cc(C(C)(C)C)cc(c1OC)C(Br)c1cc(C(C)(C)C)cc(c1OC)C(Br)c1cc(C(C)(C)C)cc(c1OC)C2=O. The molecule has 0 saturated heterocycles. The predicted octanol–water partition coefficient (Wildman–Crippen LogP) is 12.7. The van der Waals surface area contributed by atoms with Crippen LogP contribution in [0.25, 0.3) is 0 Å². The molecular formula is C48H58Br2O6. The van der Waals surface area contributed by atoms with Gasteiger partial charge in [-0.05, 0) is 68.2 Å². The van der Waals surface area contributed by atoms with Crippen LogP contribution in [0.2, 0.25) is 0 Å². The normalized spacial score (nSPS) is 16.5. The number of ketones is 2. The first kappa shape index (κ1) is 43.5. The zero-order valence-corrected chi connectivity index (χ0v) is 39.2. The van der Waals surface area contributed by atoms with Gasteiger partial charge in [-0.3, -0.25) is 9.59 Å². The minimum Gasteiger partial charge on any atom is -0.496 e. The lowest BCUT2D eigenvalue weighted by molar-refractivity contribution is 0.103. The Labute approximate surface area is 351 Å². The van der Waals surface area contributed by atoms with Gasteiger partial charge in [0.2, 0.25) is 11.6 Å². The van der Waals surface area contributed by atoms with E-state index in [0.29, 0.717) is 28.4 Å². The maximum atomic E-state index is 15.4. The van der Waals surface area contributed by atoms with Crippen LogP contribution in [0.1, 0.15) is 169 Å². The molecule has 1 aliphatic rings. The van der Waals surface area contributed by atoms with Crippen molar-refractivity contribution in [3.05, 3.63) is 115 Å². The molecule has 2 atom stereocenters. The maximum Gasteiger partial charge on any atom is 0.200 e. The number of rotatable bonds is 4. The van der Waals surface area contributed by atoms with Gasteiger partial charge in [-0.15, -0.1) is 0 Å². The number of hydrogen-bond acceptors (Lipinski definition) is 6. The summed E-state index contributed by atoms with van der Waals surface area (Å²) in [5, 5.41) is 0. The van der Waals surface area contributed by atoms with Crippen molar-refractivity contribution in [2.24, 2.45) is 0 Å². The summed E-state index contributed by atoms with van der Waals surface area (Å²) < 4.78 is 25.0. The molecule has 0 aliphatic heterocycles. The molecule has 0 fully saturated rings. The highest BCUT2D eigenvalue weighted by atomic mass is 79.9. The Kier molecular flexibility index (Phi) is 11.9. The van der Waals surface area contributed by atoms with Gasteiger partial charge in [-0.1, -0.05) is 139 Å². The summed E-state index contributed by atoms with van der Waals surface area (Å²) >= 11 is 8.28. The van der Waals surface area contributed by atoms with Crippen molar-refractivity contribution in [1.29, 1.82) is 0 Å². The number of benzene rings is 4. The molecule has 0 amide bonds. The molecule has 0 heterocycles. The molecule has 8 heteroatoms. The van der Waals surface area contributed by atoms with Crippen molar-refractivity contribution < 1.29 is 28.5 Å². The fourth-order valence-corrected chi connectivity index (χ4v) is 8.66. The highest BCUT2D eigenvalue weighted by Gasteiger charge is 2.36. The van der Waals surface area contributed by atoms with Crippen molar-refractivity contribution in [3.8, 4) is 23.0 Å². The minimum atomic E-state index is -0.465. The van der Waals surface area contributed by atoms with Crippen LogP contribution >= 0.6 is 31.9 Å². The smallest absolute Gasteiger partial charge is 0.200 e. The molecule has 56 heavy (non-hydrogen) atoms. The van der Waals surface area contributed by atoms with Crippen LogP contribution in [0.5, 0.6) is 23.0 Å². The molecule has 0 saturated carbocycles. The van der Waals surface area contributed by atoms with E-state index in [0.717, 1.165) is 44.5 Å². The summed E-state index contributed by atoms with van der Waals surface area (Å²) in [6, 6.07) is 16.1. The van der Waals surface area contributed by atoms with Gasteiger partial charge < -0.3 is 18.9 Å².